The molecule has 2 nitrogen and oxygen atoms in total. The Labute approximate surface area is 122 Å². The van der Waals surface area contributed by atoms with E-state index in [1.54, 1.807) is 29.2 Å². The summed E-state index contributed by atoms with van der Waals surface area (Å²) in [7, 11) is 0. The van der Waals surface area contributed by atoms with Crippen LogP contribution in [0.4, 0.5) is 4.39 Å². The van der Waals surface area contributed by atoms with Crippen LogP contribution in [0.3, 0.4) is 0 Å². The van der Waals surface area contributed by atoms with Crippen molar-refractivity contribution in [1.82, 2.24) is 4.90 Å². The van der Waals surface area contributed by atoms with Crippen molar-refractivity contribution >= 4 is 17.5 Å². The molecule has 20 heavy (non-hydrogen) atoms. The normalized spacial score (nSPS) is 10.3. The zero-order valence-corrected chi connectivity index (χ0v) is 11.9. The van der Waals surface area contributed by atoms with Gasteiger partial charge in [0.15, 0.2) is 0 Å². The molecule has 0 N–H and O–H groups in total. The highest BCUT2D eigenvalue weighted by atomic mass is 35.5. The third kappa shape index (κ3) is 4.07. The highest BCUT2D eigenvalue weighted by Gasteiger charge is 2.10. The standard InChI is InChI=1S/C16H15ClFNO/c1-12(20)19(10-13-2-6-15(17)7-3-13)11-14-4-8-16(18)9-5-14/h2-9H,10-11H2,1H3. The van der Waals surface area contributed by atoms with Crippen LogP contribution in [0, 0.1) is 5.82 Å². The summed E-state index contributed by atoms with van der Waals surface area (Å²) in [6.07, 6.45) is 0. The molecule has 0 radical (unpaired) electrons. The molecule has 0 bridgehead atoms. The summed E-state index contributed by atoms with van der Waals surface area (Å²) in [4.78, 5) is 13.4. The highest BCUT2D eigenvalue weighted by molar-refractivity contribution is 6.30. The minimum absolute atomic E-state index is 0.0238. The fraction of sp³-hybridized carbons (Fsp3) is 0.188. The van der Waals surface area contributed by atoms with E-state index in [1.165, 1.54) is 19.1 Å². The Morgan fingerprint density at radius 2 is 1.45 bits per heavy atom. The van der Waals surface area contributed by atoms with E-state index < -0.39 is 0 Å². The van der Waals surface area contributed by atoms with Crippen LogP contribution in [0.2, 0.25) is 5.02 Å². The quantitative estimate of drug-likeness (QED) is 0.833. The molecule has 2 aromatic carbocycles. The van der Waals surface area contributed by atoms with Gasteiger partial charge in [0.25, 0.3) is 0 Å². The van der Waals surface area contributed by atoms with Crippen LogP contribution in [-0.2, 0) is 17.9 Å². The van der Waals surface area contributed by atoms with Crippen molar-refractivity contribution < 1.29 is 9.18 Å². The number of rotatable bonds is 4. The molecule has 0 aliphatic rings. The number of halogens is 2. The van der Waals surface area contributed by atoms with Crippen LogP contribution < -0.4 is 0 Å². The number of amides is 1. The van der Waals surface area contributed by atoms with Crippen molar-refractivity contribution in [2.75, 3.05) is 0 Å². The third-order valence-corrected chi connectivity index (χ3v) is 3.27. The molecule has 0 fully saturated rings. The number of hydrogen-bond acceptors (Lipinski definition) is 1. The lowest BCUT2D eigenvalue weighted by molar-refractivity contribution is -0.130. The average molecular weight is 292 g/mol. The molecule has 0 saturated carbocycles. The van der Waals surface area contributed by atoms with E-state index in [9.17, 15) is 9.18 Å². The maximum Gasteiger partial charge on any atom is 0.220 e. The summed E-state index contributed by atoms with van der Waals surface area (Å²) >= 11 is 5.84. The first-order valence-corrected chi connectivity index (χ1v) is 6.67. The van der Waals surface area contributed by atoms with Gasteiger partial charge in [0.2, 0.25) is 5.91 Å². The molecule has 104 valence electrons. The highest BCUT2D eigenvalue weighted by Crippen LogP contribution is 2.14. The van der Waals surface area contributed by atoms with Crippen molar-refractivity contribution in [3.05, 3.63) is 70.5 Å². The van der Waals surface area contributed by atoms with Crippen molar-refractivity contribution in [2.45, 2.75) is 20.0 Å². The first-order chi connectivity index (χ1) is 9.54. The first-order valence-electron chi connectivity index (χ1n) is 6.29. The molecule has 0 aromatic heterocycles. The molecule has 0 saturated heterocycles. The smallest absolute Gasteiger partial charge is 0.220 e. The first kappa shape index (κ1) is 14.5. The summed E-state index contributed by atoms with van der Waals surface area (Å²) in [6, 6.07) is 13.6. The van der Waals surface area contributed by atoms with Gasteiger partial charge in [-0.05, 0) is 35.4 Å². The Bertz CT molecular complexity index is 533. The van der Waals surface area contributed by atoms with Crippen LogP contribution in [0.5, 0.6) is 0 Å². The fourth-order valence-corrected chi connectivity index (χ4v) is 2.02. The molecule has 0 atom stereocenters. The minimum Gasteiger partial charge on any atom is -0.334 e. The van der Waals surface area contributed by atoms with Gasteiger partial charge in [-0.25, -0.2) is 4.39 Å². The number of carbonyl (C=O) groups excluding carboxylic acids is 1. The van der Waals surface area contributed by atoms with E-state index in [2.05, 4.69) is 0 Å². The van der Waals surface area contributed by atoms with Crippen LogP contribution in [-0.4, -0.2) is 10.8 Å². The van der Waals surface area contributed by atoms with Gasteiger partial charge in [-0.1, -0.05) is 35.9 Å². The lowest BCUT2D eigenvalue weighted by Gasteiger charge is -2.21. The van der Waals surface area contributed by atoms with Crippen molar-refractivity contribution in [3.63, 3.8) is 0 Å². The summed E-state index contributed by atoms with van der Waals surface area (Å²) in [5.74, 6) is -0.301. The molecule has 0 aliphatic heterocycles. The van der Waals surface area contributed by atoms with Crippen LogP contribution in [0.1, 0.15) is 18.1 Å². The Morgan fingerprint density at radius 1 is 1.00 bits per heavy atom. The van der Waals surface area contributed by atoms with Gasteiger partial charge in [0.1, 0.15) is 5.82 Å². The van der Waals surface area contributed by atoms with E-state index in [0.29, 0.717) is 18.1 Å². The lowest BCUT2D eigenvalue weighted by atomic mass is 10.1. The van der Waals surface area contributed by atoms with E-state index >= 15 is 0 Å². The minimum atomic E-state index is -0.277. The predicted molar refractivity (Wildman–Crippen MR) is 77.8 cm³/mol. The van der Waals surface area contributed by atoms with Crippen molar-refractivity contribution in [1.29, 1.82) is 0 Å². The van der Waals surface area contributed by atoms with Gasteiger partial charge in [0.05, 0.1) is 0 Å². The number of carbonyl (C=O) groups is 1. The number of hydrogen-bond donors (Lipinski definition) is 0. The largest absolute Gasteiger partial charge is 0.334 e. The number of benzene rings is 2. The summed E-state index contributed by atoms with van der Waals surface area (Å²) in [5.41, 5.74) is 1.90. The monoisotopic (exact) mass is 291 g/mol. The van der Waals surface area contributed by atoms with Gasteiger partial charge >= 0.3 is 0 Å². The molecule has 0 spiro atoms. The molecule has 4 heteroatoms. The molecule has 0 unspecified atom stereocenters. The Kier molecular flexibility index (Phi) is 4.74. The fourth-order valence-electron chi connectivity index (χ4n) is 1.90. The van der Waals surface area contributed by atoms with Gasteiger partial charge in [-0.3, -0.25) is 4.79 Å². The van der Waals surface area contributed by atoms with Gasteiger partial charge < -0.3 is 4.90 Å². The second kappa shape index (κ2) is 6.53. The Hall–Kier alpha value is -1.87. The zero-order chi connectivity index (χ0) is 14.5. The molecular weight excluding hydrogens is 277 g/mol. The topological polar surface area (TPSA) is 20.3 Å². The third-order valence-electron chi connectivity index (χ3n) is 3.02. The van der Waals surface area contributed by atoms with Crippen molar-refractivity contribution in [3.8, 4) is 0 Å². The van der Waals surface area contributed by atoms with Gasteiger partial charge in [-0.15, -0.1) is 0 Å². The maximum atomic E-state index is 12.9. The van der Waals surface area contributed by atoms with Gasteiger partial charge in [-0.2, -0.15) is 0 Å². The SMILES string of the molecule is CC(=O)N(Cc1ccc(F)cc1)Cc1ccc(Cl)cc1. The molecule has 1 amide bonds. The molecule has 0 heterocycles. The average Bonchev–Trinajstić information content (AvgIpc) is 2.42. The summed E-state index contributed by atoms with van der Waals surface area (Å²) in [6.45, 7) is 2.49. The summed E-state index contributed by atoms with van der Waals surface area (Å²) < 4.78 is 12.9. The van der Waals surface area contributed by atoms with E-state index in [-0.39, 0.29) is 11.7 Å². The zero-order valence-electron chi connectivity index (χ0n) is 11.1. The van der Waals surface area contributed by atoms with E-state index in [1.807, 2.05) is 12.1 Å². The molecule has 0 aliphatic carbocycles. The second-order valence-corrected chi connectivity index (χ2v) is 5.06. The van der Waals surface area contributed by atoms with E-state index in [4.69, 9.17) is 11.6 Å². The Morgan fingerprint density at radius 3 is 1.90 bits per heavy atom. The number of nitrogens with zero attached hydrogens (tertiary/aromatic N) is 1. The van der Waals surface area contributed by atoms with E-state index in [0.717, 1.165) is 11.1 Å². The molecule has 2 rings (SSSR count). The van der Waals surface area contributed by atoms with Gasteiger partial charge in [0, 0.05) is 25.0 Å². The second-order valence-electron chi connectivity index (χ2n) is 4.63. The lowest BCUT2D eigenvalue weighted by Crippen LogP contribution is -2.27. The van der Waals surface area contributed by atoms with Crippen molar-refractivity contribution in [2.24, 2.45) is 0 Å². The molecular formula is C16H15ClFNO. The van der Waals surface area contributed by atoms with Crippen LogP contribution >= 0.6 is 11.6 Å². The van der Waals surface area contributed by atoms with Crippen LogP contribution in [0.25, 0.3) is 0 Å². The maximum absolute atomic E-state index is 12.9. The van der Waals surface area contributed by atoms with Crippen LogP contribution in [0.15, 0.2) is 48.5 Å². The molecule has 2 aromatic rings. The Balaban J connectivity index is 2.09. The summed E-state index contributed by atoms with van der Waals surface area (Å²) in [5, 5.41) is 0.668. The predicted octanol–water partition coefficient (Wildman–Crippen LogP) is 4.03.